The number of benzene rings is 2. The Morgan fingerprint density at radius 1 is 0.962 bits per heavy atom. The van der Waals surface area contributed by atoms with E-state index in [0.717, 1.165) is 30.4 Å². The molecule has 0 amide bonds. The van der Waals surface area contributed by atoms with E-state index < -0.39 is 0 Å². The van der Waals surface area contributed by atoms with Gasteiger partial charge in [0.2, 0.25) is 0 Å². The van der Waals surface area contributed by atoms with Crippen molar-refractivity contribution in [3.8, 4) is 11.5 Å². The first kappa shape index (κ1) is 19.3. The average Bonchev–Trinajstić information content (AvgIpc) is 2.68. The van der Waals surface area contributed by atoms with Gasteiger partial charge in [-0.1, -0.05) is 42.5 Å². The first-order valence-corrected chi connectivity index (χ1v) is 8.52. The Balaban J connectivity index is 1.74. The number of hydrogen-bond donors (Lipinski definition) is 1. The molecule has 0 fully saturated rings. The lowest BCUT2D eigenvalue weighted by Crippen LogP contribution is -2.00. The number of allylic oxidation sites excluding steroid dienone is 2. The SMILES string of the molecule is COC(=O)c1ccc(/C=C/CCC/C=C/c2ccc(O)c(OC)c2)cc1. The van der Waals surface area contributed by atoms with Gasteiger partial charge in [0.15, 0.2) is 11.5 Å². The average molecular weight is 352 g/mol. The van der Waals surface area contributed by atoms with Crippen molar-refractivity contribution in [2.75, 3.05) is 14.2 Å². The van der Waals surface area contributed by atoms with Crippen molar-refractivity contribution < 1.29 is 19.4 Å². The number of phenolic OH excluding ortho intramolecular Hbond substituents is 1. The van der Waals surface area contributed by atoms with Gasteiger partial charge in [0.1, 0.15) is 0 Å². The van der Waals surface area contributed by atoms with Crippen molar-refractivity contribution >= 4 is 18.1 Å². The van der Waals surface area contributed by atoms with Crippen LogP contribution >= 0.6 is 0 Å². The van der Waals surface area contributed by atoms with Gasteiger partial charge in [0.05, 0.1) is 19.8 Å². The topological polar surface area (TPSA) is 55.8 Å². The summed E-state index contributed by atoms with van der Waals surface area (Å²) in [6, 6.07) is 12.6. The summed E-state index contributed by atoms with van der Waals surface area (Å²) in [6.45, 7) is 0. The van der Waals surface area contributed by atoms with Crippen LogP contribution in [0.2, 0.25) is 0 Å². The molecule has 26 heavy (non-hydrogen) atoms. The molecule has 136 valence electrons. The minimum atomic E-state index is -0.321. The van der Waals surface area contributed by atoms with Crippen molar-refractivity contribution in [3.05, 3.63) is 71.3 Å². The fraction of sp³-hybridized carbons (Fsp3) is 0.227. The van der Waals surface area contributed by atoms with Gasteiger partial charge in [-0.2, -0.15) is 0 Å². The summed E-state index contributed by atoms with van der Waals surface area (Å²) in [6.07, 6.45) is 11.3. The largest absolute Gasteiger partial charge is 0.504 e. The van der Waals surface area contributed by atoms with Crippen molar-refractivity contribution in [1.29, 1.82) is 0 Å². The minimum absolute atomic E-state index is 0.148. The summed E-state index contributed by atoms with van der Waals surface area (Å²) in [5.74, 6) is 0.307. The molecule has 0 spiro atoms. The number of esters is 1. The third kappa shape index (κ3) is 5.81. The van der Waals surface area contributed by atoms with E-state index >= 15 is 0 Å². The third-order valence-corrected chi connectivity index (χ3v) is 3.90. The molecule has 0 saturated heterocycles. The van der Waals surface area contributed by atoms with Crippen LogP contribution in [-0.2, 0) is 4.74 Å². The lowest BCUT2D eigenvalue weighted by Gasteiger charge is -2.03. The predicted octanol–water partition coefficient (Wildman–Crippen LogP) is 5.08. The quantitative estimate of drug-likeness (QED) is 0.531. The van der Waals surface area contributed by atoms with Crippen LogP contribution in [0.25, 0.3) is 12.2 Å². The Hall–Kier alpha value is -3.01. The molecule has 0 aliphatic rings. The van der Waals surface area contributed by atoms with E-state index in [2.05, 4.69) is 23.0 Å². The normalized spacial score (nSPS) is 11.2. The lowest BCUT2D eigenvalue weighted by atomic mass is 10.1. The van der Waals surface area contributed by atoms with Crippen molar-refractivity contribution in [1.82, 2.24) is 0 Å². The molecular formula is C22H24O4. The maximum absolute atomic E-state index is 11.4. The zero-order valence-electron chi connectivity index (χ0n) is 15.1. The number of aromatic hydroxyl groups is 1. The number of unbranched alkanes of at least 4 members (excludes halogenated alkanes) is 2. The molecule has 0 heterocycles. The highest BCUT2D eigenvalue weighted by atomic mass is 16.5. The van der Waals surface area contributed by atoms with E-state index in [1.165, 1.54) is 14.2 Å². The van der Waals surface area contributed by atoms with Crippen LogP contribution in [0.4, 0.5) is 0 Å². The molecule has 0 aliphatic carbocycles. The molecule has 4 heteroatoms. The first-order valence-electron chi connectivity index (χ1n) is 8.52. The minimum Gasteiger partial charge on any atom is -0.504 e. The standard InChI is InChI=1S/C22H24O4/c1-25-21-16-18(12-15-20(21)23)9-7-5-3-4-6-8-17-10-13-19(14-11-17)22(24)26-2/h6-16,23H,3-5H2,1-2H3/b8-6+,9-7+. The van der Waals surface area contributed by atoms with E-state index in [1.807, 2.05) is 30.3 Å². The van der Waals surface area contributed by atoms with Gasteiger partial charge in [-0.15, -0.1) is 0 Å². The molecule has 2 aromatic carbocycles. The molecule has 0 radical (unpaired) electrons. The van der Waals surface area contributed by atoms with Crippen molar-refractivity contribution in [3.63, 3.8) is 0 Å². The van der Waals surface area contributed by atoms with Gasteiger partial charge in [-0.25, -0.2) is 4.79 Å². The third-order valence-electron chi connectivity index (χ3n) is 3.90. The van der Waals surface area contributed by atoms with Gasteiger partial charge in [0, 0.05) is 0 Å². The Morgan fingerprint density at radius 2 is 1.58 bits per heavy atom. The van der Waals surface area contributed by atoms with E-state index in [4.69, 9.17) is 4.74 Å². The highest BCUT2D eigenvalue weighted by Crippen LogP contribution is 2.26. The van der Waals surface area contributed by atoms with Gasteiger partial charge in [0.25, 0.3) is 0 Å². The number of rotatable bonds is 8. The van der Waals surface area contributed by atoms with Crippen LogP contribution in [0.1, 0.15) is 40.7 Å². The van der Waals surface area contributed by atoms with E-state index in [1.54, 1.807) is 18.2 Å². The highest BCUT2D eigenvalue weighted by Gasteiger charge is 2.03. The molecule has 0 bridgehead atoms. The fourth-order valence-corrected chi connectivity index (χ4v) is 2.44. The summed E-state index contributed by atoms with van der Waals surface area (Å²) in [7, 11) is 2.92. The van der Waals surface area contributed by atoms with Crippen LogP contribution in [-0.4, -0.2) is 25.3 Å². The lowest BCUT2D eigenvalue weighted by molar-refractivity contribution is 0.0600. The van der Waals surface area contributed by atoms with E-state index in [0.29, 0.717) is 11.3 Å². The smallest absolute Gasteiger partial charge is 0.337 e. The fourth-order valence-electron chi connectivity index (χ4n) is 2.44. The first-order chi connectivity index (χ1) is 12.6. The number of carbonyl (C=O) groups is 1. The highest BCUT2D eigenvalue weighted by molar-refractivity contribution is 5.89. The van der Waals surface area contributed by atoms with Crippen molar-refractivity contribution in [2.45, 2.75) is 19.3 Å². The summed E-state index contributed by atoms with van der Waals surface area (Å²) in [5, 5.41) is 9.57. The molecule has 1 N–H and O–H groups in total. The maximum atomic E-state index is 11.4. The van der Waals surface area contributed by atoms with Crippen LogP contribution < -0.4 is 4.74 Å². The predicted molar refractivity (Wildman–Crippen MR) is 104 cm³/mol. The number of carbonyl (C=O) groups excluding carboxylic acids is 1. The Kier molecular flexibility index (Phi) is 7.49. The van der Waals surface area contributed by atoms with Gasteiger partial charge in [-0.05, 0) is 54.7 Å². The summed E-state index contributed by atoms with van der Waals surface area (Å²) < 4.78 is 9.78. The van der Waals surface area contributed by atoms with Gasteiger partial charge < -0.3 is 14.6 Å². The monoisotopic (exact) mass is 352 g/mol. The second kappa shape index (κ2) is 10.1. The number of methoxy groups -OCH3 is 2. The Labute approximate surface area is 154 Å². The number of ether oxygens (including phenoxy) is 2. The van der Waals surface area contributed by atoms with Crippen LogP contribution in [0.5, 0.6) is 11.5 Å². The number of hydrogen-bond acceptors (Lipinski definition) is 4. The molecule has 0 aromatic heterocycles. The van der Waals surface area contributed by atoms with E-state index in [9.17, 15) is 9.90 Å². The second-order valence-corrected chi connectivity index (χ2v) is 5.78. The Morgan fingerprint density at radius 3 is 2.19 bits per heavy atom. The van der Waals surface area contributed by atoms with Crippen LogP contribution in [0.3, 0.4) is 0 Å². The van der Waals surface area contributed by atoms with Gasteiger partial charge in [-0.3, -0.25) is 0 Å². The molecular weight excluding hydrogens is 328 g/mol. The van der Waals surface area contributed by atoms with Crippen LogP contribution in [0.15, 0.2) is 54.6 Å². The Bertz CT molecular complexity index is 773. The summed E-state index contributed by atoms with van der Waals surface area (Å²) >= 11 is 0. The summed E-state index contributed by atoms with van der Waals surface area (Å²) in [4.78, 5) is 11.4. The maximum Gasteiger partial charge on any atom is 0.337 e. The van der Waals surface area contributed by atoms with Gasteiger partial charge >= 0.3 is 5.97 Å². The molecule has 0 atom stereocenters. The molecule has 0 saturated carbocycles. The molecule has 0 unspecified atom stereocenters. The van der Waals surface area contributed by atoms with E-state index in [-0.39, 0.29) is 11.7 Å². The molecule has 0 aliphatic heterocycles. The second-order valence-electron chi connectivity index (χ2n) is 5.78. The van der Waals surface area contributed by atoms with Crippen molar-refractivity contribution in [2.24, 2.45) is 0 Å². The molecule has 2 aromatic rings. The molecule has 2 rings (SSSR count). The zero-order chi connectivity index (χ0) is 18.8. The van der Waals surface area contributed by atoms with Crippen LogP contribution in [0, 0.1) is 0 Å². The molecule has 4 nitrogen and oxygen atoms in total. The number of phenols is 1. The zero-order valence-corrected chi connectivity index (χ0v) is 15.1. The summed E-state index contributed by atoms with van der Waals surface area (Å²) in [5.41, 5.74) is 2.62.